The quantitative estimate of drug-likeness (QED) is 0.850. The molecule has 98 valence electrons. The molecule has 3 nitrogen and oxygen atoms in total. The lowest BCUT2D eigenvalue weighted by molar-refractivity contribution is 0.273. The summed E-state index contributed by atoms with van der Waals surface area (Å²) in [4.78, 5) is 7.17. The molecule has 1 aliphatic rings. The SMILES string of the molecule is CC1CCCN(Cc2cccnc2C(N)=S)CC1. The Bertz CT molecular complexity index is 419. The van der Waals surface area contributed by atoms with E-state index in [2.05, 4.69) is 22.9 Å². The first-order valence-electron chi connectivity index (χ1n) is 6.63. The van der Waals surface area contributed by atoms with Gasteiger partial charge in [-0.25, -0.2) is 0 Å². The smallest absolute Gasteiger partial charge is 0.123 e. The Morgan fingerprint density at radius 2 is 2.33 bits per heavy atom. The van der Waals surface area contributed by atoms with Crippen molar-refractivity contribution in [3.05, 3.63) is 29.6 Å². The first-order chi connectivity index (χ1) is 8.66. The Kier molecular flexibility index (Phi) is 4.66. The van der Waals surface area contributed by atoms with E-state index >= 15 is 0 Å². The van der Waals surface area contributed by atoms with Crippen molar-refractivity contribution in [3.63, 3.8) is 0 Å². The number of likely N-dealkylation sites (tertiary alicyclic amines) is 1. The minimum atomic E-state index is 0.397. The summed E-state index contributed by atoms with van der Waals surface area (Å²) in [5.41, 5.74) is 7.66. The van der Waals surface area contributed by atoms with Gasteiger partial charge < -0.3 is 5.73 Å². The van der Waals surface area contributed by atoms with E-state index < -0.39 is 0 Å². The highest BCUT2D eigenvalue weighted by Crippen LogP contribution is 2.18. The molecule has 4 heteroatoms. The van der Waals surface area contributed by atoms with Crippen LogP contribution in [0, 0.1) is 5.92 Å². The van der Waals surface area contributed by atoms with Crippen LogP contribution in [0.25, 0.3) is 0 Å². The normalized spacial score (nSPS) is 21.5. The van der Waals surface area contributed by atoms with E-state index in [9.17, 15) is 0 Å². The number of pyridine rings is 1. The van der Waals surface area contributed by atoms with Gasteiger partial charge in [0, 0.05) is 12.7 Å². The third-order valence-corrected chi connectivity index (χ3v) is 3.82. The minimum absolute atomic E-state index is 0.397. The number of thiocarbonyl (C=S) groups is 1. The van der Waals surface area contributed by atoms with E-state index in [0.29, 0.717) is 4.99 Å². The summed E-state index contributed by atoms with van der Waals surface area (Å²) in [7, 11) is 0. The molecule has 0 radical (unpaired) electrons. The third kappa shape index (κ3) is 3.50. The lowest BCUT2D eigenvalue weighted by Crippen LogP contribution is -2.26. The summed E-state index contributed by atoms with van der Waals surface area (Å²) in [6.07, 6.45) is 5.65. The van der Waals surface area contributed by atoms with Gasteiger partial charge >= 0.3 is 0 Å². The van der Waals surface area contributed by atoms with Crippen LogP contribution in [-0.2, 0) is 6.54 Å². The van der Waals surface area contributed by atoms with Crippen molar-refractivity contribution < 1.29 is 0 Å². The number of hydrogen-bond donors (Lipinski definition) is 1. The molecule has 18 heavy (non-hydrogen) atoms. The molecule has 2 rings (SSSR count). The molecule has 1 aromatic heterocycles. The van der Waals surface area contributed by atoms with Crippen LogP contribution in [0.3, 0.4) is 0 Å². The van der Waals surface area contributed by atoms with Gasteiger partial charge in [-0.3, -0.25) is 9.88 Å². The van der Waals surface area contributed by atoms with Gasteiger partial charge in [0.1, 0.15) is 10.7 Å². The molecule has 1 saturated heterocycles. The zero-order valence-electron chi connectivity index (χ0n) is 10.9. The molecule has 0 amide bonds. The van der Waals surface area contributed by atoms with Crippen LogP contribution < -0.4 is 5.73 Å². The summed E-state index contributed by atoms with van der Waals surface area (Å²) >= 11 is 5.06. The van der Waals surface area contributed by atoms with Crippen molar-refractivity contribution >= 4 is 17.2 Å². The Labute approximate surface area is 114 Å². The fourth-order valence-corrected chi connectivity index (χ4v) is 2.69. The first-order valence-corrected chi connectivity index (χ1v) is 7.03. The molecule has 0 spiro atoms. The summed E-state index contributed by atoms with van der Waals surface area (Å²) in [6.45, 7) is 5.57. The van der Waals surface area contributed by atoms with E-state index in [0.717, 1.165) is 36.8 Å². The Morgan fingerprint density at radius 1 is 1.50 bits per heavy atom. The molecule has 1 unspecified atom stereocenters. The molecule has 1 aliphatic heterocycles. The second-order valence-electron chi connectivity index (χ2n) is 5.19. The van der Waals surface area contributed by atoms with Crippen LogP contribution in [0.4, 0.5) is 0 Å². The van der Waals surface area contributed by atoms with Crippen LogP contribution in [0.1, 0.15) is 37.4 Å². The summed E-state index contributed by atoms with van der Waals surface area (Å²) in [6, 6.07) is 4.04. The average Bonchev–Trinajstić information content (AvgIpc) is 2.55. The van der Waals surface area contributed by atoms with Crippen molar-refractivity contribution in [2.24, 2.45) is 11.7 Å². The van der Waals surface area contributed by atoms with Crippen molar-refractivity contribution in [2.45, 2.75) is 32.7 Å². The molecule has 0 aromatic carbocycles. The fraction of sp³-hybridized carbons (Fsp3) is 0.571. The summed E-state index contributed by atoms with van der Waals surface area (Å²) in [5.74, 6) is 0.846. The predicted molar refractivity (Wildman–Crippen MR) is 78.4 cm³/mol. The van der Waals surface area contributed by atoms with Crippen LogP contribution in [0.2, 0.25) is 0 Å². The van der Waals surface area contributed by atoms with Crippen molar-refractivity contribution in [1.29, 1.82) is 0 Å². The van der Waals surface area contributed by atoms with Crippen LogP contribution >= 0.6 is 12.2 Å². The van der Waals surface area contributed by atoms with Crippen molar-refractivity contribution in [1.82, 2.24) is 9.88 Å². The van der Waals surface area contributed by atoms with Gasteiger partial charge in [-0.15, -0.1) is 0 Å². The predicted octanol–water partition coefficient (Wildman–Crippen LogP) is 2.34. The largest absolute Gasteiger partial charge is 0.388 e. The molecule has 1 fully saturated rings. The zero-order valence-corrected chi connectivity index (χ0v) is 11.7. The molecular formula is C14H21N3S. The number of hydrogen-bond acceptors (Lipinski definition) is 3. The van der Waals surface area contributed by atoms with Crippen molar-refractivity contribution in [3.8, 4) is 0 Å². The molecular weight excluding hydrogens is 242 g/mol. The van der Waals surface area contributed by atoms with Gasteiger partial charge in [0.2, 0.25) is 0 Å². The maximum atomic E-state index is 5.72. The molecule has 1 aromatic rings. The monoisotopic (exact) mass is 263 g/mol. The highest BCUT2D eigenvalue weighted by Gasteiger charge is 2.15. The van der Waals surface area contributed by atoms with Crippen LogP contribution in [-0.4, -0.2) is 28.0 Å². The van der Waals surface area contributed by atoms with Crippen molar-refractivity contribution in [2.75, 3.05) is 13.1 Å². The highest BCUT2D eigenvalue weighted by atomic mass is 32.1. The van der Waals surface area contributed by atoms with Crippen LogP contribution in [0.5, 0.6) is 0 Å². The topological polar surface area (TPSA) is 42.2 Å². The van der Waals surface area contributed by atoms with E-state index in [1.807, 2.05) is 6.07 Å². The van der Waals surface area contributed by atoms with Gasteiger partial charge in [-0.05, 0) is 49.9 Å². The second kappa shape index (κ2) is 6.25. The number of nitrogens with zero attached hydrogens (tertiary/aromatic N) is 2. The third-order valence-electron chi connectivity index (χ3n) is 3.63. The maximum Gasteiger partial charge on any atom is 0.123 e. The second-order valence-corrected chi connectivity index (χ2v) is 5.63. The standard InChI is InChI=1S/C14H21N3S/c1-11-4-3-8-17(9-6-11)10-12-5-2-7-16-13(12)14(15)18/h2,5,7,11H,3-4,6,8-10H2,1H3,(H2,15,18). The van der Waals surface area contributed by atoms with Gasteiger partial charge in [0.25, 0.3) is 0 Å². The lowest BCUT2D eigenvalue weighted by Gasteiger charge is -2.21. The number of aromatic nitrogens is 1. The van der Waals surface area contributed by atoms with Gasteiger partial charge in [-0.2, -0.15) is 0 Å². The highest BCUT2D eigenvalue weighted by molar-refractivity contribution is 7.80. The zero-order chi connectivity index (χ0) is 13.0. The number of nitrogens with two attached hydrogens (primary N) is 1. The Morgan fingerprint density at radius 3 is 3.11 bits per heavy atom. The van der Waals surface area contributed by atoms with E-state index in [-0.39, 0.29) is 0 Å². The molecule has 1 atom stereocenters. The first kappa shape index (κ1) is 13.4. The Hall–Kier alpha value is -1.00. The summed E-state index contributed by atoms with van der Waals surface area (Å²) in [5, 5.41) is 0. The maximum absolute atomic E-state index is 5.72. The van der Waals surface area contributed by atoms with E-state index in [1.54, 1.807) is 6.20 Å². The van der Waals surface area contributed by atoms with E-state index in [1.165, 1.54) is 19.3 Å². The molecule has 2 heterocycles. The molecule has 0 aliphatic carbocycles. The molecule has 2 N–H and O–H groups in total. The minimum Gasteiger partial charge on any atom is -0.388 e. The van der Waals surface area contributed by atoms with Crippen LogP contribution in [0.15, 0.2) is 18.3 Å². The fourth-order valence-electron chi connectivity index (χ4n) is 2.51. The Balaban J connectivity index is 2.06. The molecule has 0 saturated carbocycles. The van der Waals surface area contributed by atoms with Gasteiger partial charge in [-0.1, -0.05) is 25.2 Å². The number of rotatable bonds is 3. The average molecular weight is 263 g/mol. The lowest BCUT2D eigenvalue weighted by atomic mass is 10.0. The molecule has 0 bridgehead atoms. The van der Waals surface area contributed by atoms with Gasteiger partial charge in [0.05, 0.1) is 0 Å². The summed E-state index contributed by atoms with van der Waals surface area (Å²) < 4.78 is 0. The van der Waals surface area contributed by atoms with Gasteiger partial charge in [0.15, 0.2) is 0 Å². The van der Waals surface area contributed by atoms with E-state index in [4.69, 9.17) is 18.0 Å².